The van der Waals surface area contributed by atoms with Crippen molar-refractivity contribution in [2.24, 2.45) is 0 Å². The second-order valence-corrected chi connectivity index (χ2v) is 5.51. The van der Waals surface area contributed by atoms with Gasteiger partial charge in [-0.3, -0.25) is 14.8 Å². The topological polar surface area (TPSA) is 58.2 Å². The number of carbonyl (C=O) groups is 1. The lowest BCUT2D eigenvalue weighted by atomic mass is 9.93. The van der Waals surface area contributed by atoms with Crippen LogP contribution in [0.4, 0.5) is 13.2 Å². The average Bonchev–Trinajstić information content (AvgIpc) is 3.06. The largest absolute Gasteiger partial charge is 0.464 e. The zero-order valence-corrected chi connectivity index (χ0v) is 11.3. The lowest BCUT2D eigenvalue weighted by molar-refractivity contribution is -0.143. The van der Waals surface area contributed by atoms with Gasteiger partial charge in [-0.25, -0.2) is 0 Å². The number of hydrogen-bond donors (Lipinski definition) is 1. The average molecular weight is 303 g/mol. The number of aromatic amines is 1. The Labute approximate surface area is 119 Å². The molecule has 0 radical (unpaired) electrons. The van der Waals surface area contributed by atoms with Gasteiger partial charge in [0.2, 0.25) is 0 Å². The van der Waals surface area contributed by atoms with Crippen molar-refractivity contribution in [3.8, 4) is 0 Å². The minimum atomic E-state index is -4.43. The van der Waals surface area contributed by atoms with Crippen molar-refractivity contribution in [1.29, 1.82) is 0 Å². The second-order valence-electron chi connectivity index (χ2n) is 5.51. The number of hydrogen-bond acceptors (Lipinski definition) is 4. The van der Waals surface area contributed by atoms with Crippen LogP contribution in [-0.4, -0.2) is 46.8 Å². The number of H-pyrrole nitrogens is 1. The molecule has 1 aromatic rings. The molecule has 2 fully saturated rings. The van der Waals surface area contributed by atoms with Gasteiger partial charge in [-0.05, 0) is 25.5 Å². The number of halogens is 3. The van der Waals surface area contributed by atoms with Gasteiger partial charge in [-0.15, -0.1) is 0 Å². The first-order valence-electron chi connectivity index (χ1n) is 6.98. The molecule has 2 aliphatic heterocycles. The van der Waals surface area contributed by atoms with E-state index in [1.54, 1.807) is 0 Å². The summed E-state index contributed by atoms with van der Waals surface area (Å²) in [6, 6.07) is 0.819. The van der Waals surface area contributed by atoms with Crippen LogP contribution >= 0.6 is 0 Å². The van der Waals surface area contributed by atoms with E-state index in [4.69, 9.17) is 4.74 Å². The molecule has 0 bridgehead atoms. The summed E-state index contributed by atoms with van der Waals surface area (Å²) in [6.45, 7) is 1.75. The highest BCUT2D eigenvalue weighted by molar-refractivity contribution is 5.77. The molecule has 116 valence electrons. The van der Waals surface area contributed by atoms with Gasteiger partial charge in [0.15, 0.2) is 5.69 Å². The molecule has 2 atom stereocenters. The lowest BCUT2D eigenvalue weighted by Gasteiger charge is -2.34. The van der Waals surface area contributed by atoms with Crippen molar-refractivity contribution in [3.63, 3.8) is 0 Å². The quantitative estimate of drug-likeness (QED) is 0.848. The van der Waals surface area contributed by atoms with E-state index in [1.165, 1.54) is 0 Å². The van der Waals surface area contributed by atoms with Crippen LogP contribution in [0, 0.1) is 0 Å². The number of alkyl halides is 3. The molecule has 3 heterocycles. The van der Waals surface area contributed by atoms with Gasteiger partial charge in [0, 0.05) is 24.6 Å². The SMILES string of the molecule is O=C1OCC[C@H]1N1CCC[C@@H](c2cc(C(F)(F)F)n[nH]2)C1. The zero-order chi connectivity index (χ0) is 15.0. The fourth-order valence-electron chi connectivity index (χ4n) is 3.05. The lowest BCUT2D eigenvalue weighted by Crippen LogP contribution is -2.44. The van der Waals surface area contributed by atoms with Gasteiger partial charge < -0.3 is 4.74 Å². The molecule has 2 aliphatic rings. The highest BCUT2D eigenvalue weighted by Crippen LogP contribution is 2.33. The summed E-state index contributed by atoms with van der Waals surface area (Å²) in [5.41, 5.74) is -0.409. The normalized spacial score (nSPS) is 27.9. The zero-order valence-electron chi connectivity index (χ0n) is 11.3. The highest BCUT2D eigenvalue weighted by atomic mass is 19.4. The number of nitrogens with zero attached hydrogens (tertiary/aromatic N) is 2. The molecule has 8 heteroatoms. The number of likely N-dealkylation sites (tertiary alicyclic amines) is 1. The highest BCUT2D eigenvalue weighted by Gasteiger charge is 2.38. The second kappa shape index (κ2) is 5.32. The molecule has 1 N–H and O–H groups in total. The van der Waals surface area contributed by atoms with Crippen LogP contribution in [0.1, 0.15) is 36.6 Å². The Balaban J connectivity index is 1.71. The molecule has 0 spiro atoms. The number of rotatable bonds is 2. The molecule has 2 saturated heterocycles. The van der Waals surface area contributed by atoms with Gasteiger partial charge >= 0.3 is 12.1 Å². The molecule has 0 aromatic carbocycles. The third kappa shape index (κ3) is 2.90. The third-order valence-corrected chi connectivity index (χ3v) is 4.13. The number of aromatic nitrogens is 2. The van der Waals surface area contributed by atoms with Crippen molar-refractivity contribution >= 4 is 5.97 Å². The van der Waals surface area contributed by atoms with E-state index in [2.05, 4.69) is 10.2 Å². The number of ether oxygens (including phenoxy) is 1. The summed E-state index contributed by atoms with van der Waals surface area (Å²) in [6.07, 6.45) is -2.15. The van der Waals surface area contributed by atoms with E-state index in [0.717, 1.165) is 25.5 Å². The van der Waals surface area contributed by atoms with Crippen LogP contribution in [0.25, 0.3) is 0 Å². The summed E-state index contributed by atoms with van der Waals surface area (Å²) >= 11 is 0. The van der Waals surface area contributed by atoms with Crippen LogP contribution in [0.5, 0.6) is 0 Å². The fraction of sp³-hybridized carbons (Fsp3) is 0.692. The molecular weight excluding hydrogens is 287 g/mol. The molecule has 0 unspecified atom stereocenters. The van der Waals surface area contributed by atoms with Gasteiger partial charge in [0.1, 0.15) is 6.04 Å². The van der Waals surface area contributed by atoms with Gasteiger partial charge in [-0.2, -0.15) is 18.3 Å². The first kappa shape index (κ1) is 14.4. The van der Waals surface area contributed by atoms with Crippen molar-refractivity contribution in [2.75, 3.05) is 19.7 Å². The van der Waals surface area contributed by atoms with E-state index in [1.807, 2.05) is 4.90 Å². The molecule has 1 aromatic heterocycles. The minimum absolute atomic E-state index is 0.0595. The third-order valence-electron chi connectivity index (χ3n) is 4.13. The number of esters is 1. The Kier molecular flexibility index (Phi) is 3.64. The van der Waals surface area contributed by atoms with E-state index < -0.39 is 11.9 Å². The van der Waals surface area contributed by atoms with Crippen LogP contribution in [0.15, 0.2) is 6.07 Å². The molecule has 0 saturated carbocycles. The van der Waals surface area contributed by atoms with Crippen molar-refractivity contribution in [2.45, 2.75) is 37.4 Å². The number of carbonyl (C=O) groups excluding carboxylic acids is 1. The number of piperidine rings is 1. The van der Waals surface area contributed by atoms with Crippen LogP contribution in [0.3, 0.4) is 0 Å². The number of cyclic esters (lactones) is 1. The van der Waals surface area contributed by atoms with Gasteiger partial charge in [-0.1, -0.05) is 0 Å². The fourth-order valence-corrected chi connectivity index (χ4v) is 3.05. The summed E-state index contributed by atoms with van der Waals surface area (Å²) < 4.78 is 42.7. The van der Waals surface area contributed by atoms with Gasteiger partial charge in [0.05, 0.1) is 6.61 Å². The maximum atomic E-state index is 12.6. The Morgan fingerprint density at radius 1 is 1.38 bits per heavy atom. The van der Waals surface area contributed by atoms with Crippen molar-refractivity contribution in [1.82, 2.24) is 15.1 Å². The summed E-state index contributed by atoms with van der Waals surface area (Å²) in [4.78, 5) is 13.6. The monoisotopic (exact) mass is 303 g/mol. The standard InChI is InChI=1S/C13H16F3N3O2/c14-13(15,16)11-6-9(17-18-11)8-2-1-4-19(7-8)10-3-5-21-12(10)20/h6,8,10H,1-5,7H2,(H,17,18)/t8-,10-/m1/s1. The number of nitrogens with one attached hydrogen (secondary N) is 1. The van der Waals surface area contributed by atoms with Crippen LogP contribution in [-0.2, 0) is 15.7 Å². The first-order chi connectivity index (χ1) is 9.95. The maximum Gasteiger partial charge on any atom is 0.435 e. The molecule has 0 amide bonds. The van der Waals surface area contributed by atoms with E-state index in [9.17, 15) is 18.0 Å². The molecule has 21 heavy (non-hydrogen) atoms. The Hall–Kier alpha value is -1.57. The Morgan fingerprint density at radius 2 is 2.19 bits per heavy atom. The first-order valence-corrected chi connectivity index (χ1v) is 6.98. The molecular formula is C13H16F3N3O2. The molecule has 3 rings (SSSR count). The van der Waals surface area contributed by atoms with Gasteiger partial charge in [0.25, 0.3) is 0 Å². The summed E-state index contributed by atoms with van der Waals surface area (Å²) in [5, 5.41) is 5.83. The minimum Gasteiger partial charge on any atom is -0.464 e. The predicted molar refractivity (Wildman–Crippen MR) is 66.5 cm³/mol. The van der Waals surface area contributed by atoms with Crippen LogP contribution < -0.4 is 0 Å². The Morgan fingerprint density at radius 3 is 2.81 bits per heavy atom. The van der Waals surface area contributed by atoms with Crippen LogP contribution in [0.2, 0.25) is 0 Å². The van der Waals surface area contributed by atoms with E-state index in [-0.39, 0.29) is 17.9 Å². The van der Waals surface area contributed by atoms with E-state index in [0.29, 0.717) is 25.3 Å². The smallest absolute Gasteiger partial charge is 0.435 e. The maximum absolute atomic E-state index is 12.6. The summed E-state index contributed by atoms with van der Waals surface area (Å²) in [7, 11) is 0. The Bertz CT molecular complexity index is 529. The molecule has 0 aliphatic carbocycles. The predicted octanol–water partition coefficient (Wildman–Crippen LogP) is 1.92. The van der Waals surface area contributed by atoms with E-state index >= 15 is 0 Å². The van der Waals surface area contributed by atoms with Crippen molar-refractivity contribution in [3.05, 3.63) is 17.5 Å². The molecule has 5 nitrogen and oxygen atoms in total. The summed E-state index contributed by atoms with van der Waals surface area (Å²) in [5.74, 6) is -0.285. The van der Waals surface area contributed by atoms with Crippen molar-refractivity contribution < 1.29 is 22.7 Å².